The lowest BCUT2D eigenvalue weighted by Crippen LogP contribution is -2.73. The Bertz CT molecular complexity index is 944. The third kappa shape index (κ3) is 1.93. The number of hydrogen-bond donors (Lipinski definition) is 0. The number of nitriles is 1. The summed E-state index contributed by atoms with van der Waals surface area (Å²) >= 11 is 0. The molecule has 0 radical (unpaired) electrons. The van der Waals surface area contributed by atoms with Crippen LogP contribution in [0.15, 0.2) is 18.2 Å². The molecule has 1 aliphatic carbocycles. The van der Waals surface area contributed by atoms with Gasteiger partial charge in [-0.1, -0.05) is 39.8 Å². The van der Waals surface area contributed by atoms with Crippen molar-refractivity contribution in [3.8, 4) is 6.07 Å². The van der Waals surface area contributed by atoms with Gasteiger partial charge >= 0.3 is 0 Å². The number of amides is 2. The molecule has 140 valence electrons. The van der Waals surface area contributed by atoms with Crippen molar-refractivity contribution in [3.63, 3.8) is 0 Å². The van der Waals surface area contributed by atoms with Crippen LogP contribution in [0, 0.1) is 16.7 Å². The van der Waals surface area contributed by atoms with Crippen molar-refractivity contribution in [2.24, 2.45) is 5.41 Å². The van der Waals surface area contributed by atoms with Gasteiger partial charge in [0.15, 0.2) is 9.74 Å². The summed E-state index contributed by atoms with van der Waals surface area (Å²) in [5, 5.41) is 10.1. The molecule has 1 aromatic carbocycles. The van der Waals surface area contributed by atoms with Crippen LogP contribution in [-0.4, -0.2) is 38.4 Å². The molecule has 4 atom stereocenters. The van der Waals surface area contributed by atoms with Crippen LogP contribution in [0.25, 0.3) is 0 Å². The molecule has 4 fully saturated rings. The van der Waals surface area contributed by atoms with Crippen molar-refractivity contribution >= 4 is 33.4 Å². The standard InChI is InChI=1S/C20H21N3O2S2/c1-18(11-21)10-20-17(25)22(3)19(2,26-27-20)16(24)23(20)15(18)14-8-7-12-5-4-6-13(12)9-14/h7-9,15H,4-6,10H2,1-3H3/t15-,18+,19?,20?/m0/s1. The van der Waals surface area contributed by atoms with Gasteiger partial charge in [-0.05, 0) is 49.8 Å². The Morgan fingerprint density at radius 2 is 1.89 bits per heavy atom. The first-order valence-corrected chi connectivity index (χ1v) is 11.4. The van der Waals surface area contributed by atoms with Crippen molar-refractivity contribution in [2.75, 3.05) is 7.05 Å². The molecular formula is C20H21N3O2S2. The Hall–Kier alpha value is -1.65. The Kier molecular flexibility index (Phi) is 3.38. The van der Waals surface area contributed by atoms with Crippen LogP contribution < -0.4 is 0 Å². The van der Waals surface area contributed by atoms with Crippen LogP contribution in [0.5, 0.6) is 0 Å². The summed E-state index contributed by atoms with van der Waals surface area (Å²) in [6.45, 7) is 3.72. The summed E-state index contributed by atoms with van der Waals surface area (Å²) in [6.07, 6.45) is 3.65. The fraction of sp³-hybridized carbons (Fsp3) is 0.550. The molecule has 4 aliphatic heterocycles. The van der Waals surface area contributed by atoms with Crippen LogP contribution in [0.1, 0.15) is 49.4 Å². The molecule has 7 heteroatoms. The molecule has 1 aromatic rings. The SMILES string of the molecule is CN1C(=O)C23C[C@](C)(C#N)[C@H](c4ccc5c(c4)CCC5)N2C(=O)C1(C)SS3. The first-order chi connectivity index (χ1) is 12.8. The Labute approximate surface area is 166 Å². The normalized spacial score (nSPS) is 39.6. The average molecular weight is 400 g/mol. The lowest BCUT2D eigenvalue weighted by molar-refractivity contribution is -0.164. The first kappa shape index (κ1) is 17.4. The zero-order valence-corrected chi connectivity index (χ0v) is 17.2. The van der Waals surface area contributed by atoms with Gasteiger partial charge < -0.3 is 9.80 Å². The van der Waals surface area contributed by atoms with Crippen LogP contribution >= 0.6 is 21.6 Å². The van der Waals surface area contributed by atoms with Gasteiger partial charge in [0.2, 0.25) is 0 Å². The summed E-state index contributed by atoms with van der Waals surface area (Å²) < 4.78 is 0. The molecule has 0 saturated carbocycles. The van der Waals surface area contributed by atoms with Crippen molar-refractivity contribution < 1.29 is 9.59 Å². The van der Waals surface area contributed by atoms with E-state index in [-0.39, 0.29) is 11.8 Å². The van der Waals surface area contributed by atoms with Gasteiger partial charge in [0, 0.05) is 13.5 Å². The Balaban J connectivity index is 1.71. The quantitative estimate of drug-likeness (QED) is 0.678. The third-order valence-electron chi connectivity index (χ3n) is 6.79. The second-order valence-corrected chi connectivity index (χ2v) is 11.3. The van der Waals surface area contributed by atoms with Crippen molar-refractivity contribution in [1.29, 1.82) is 5.26 Å². The van der Waals surface area contributed by atoms with Gasteiger partial charge in [-0.15, -0.1) is 0 Å². The zero-order valence-electron chi connectivity index (χ0n) is 15.6. The molecule has 4 heterocycles. The molecule has 0 aromatic heterocycles. The first-order valence-electron chi connectivity index (χ1n) is 9.29. The molecule has 2 unspecified atom stereocenters. The van der Waals surface area contributed by atoms with E-state index in [1.807, 2.05) is 13.8 Å². The van der Waals surface area contributed by atoms with Crippen molar-refractivity contribution in [1.82, 2.24) is 9.80 Å². The highest BCUT2D eigenvalue weighted by atomic mass is 33.1. The highest BCUT2D eigenvalue weighted by Gasteiger charge is 2.74. The predicted molar refractivity (Wildman–Crippen MR) is 105 cm³/mol. The minimum atomic E-state index is -0.984. The molecule has 27 heavy (non-hydrogen) atoms. The van der Waals surface area contributed by atoms with Crippen molar-refractivity contribution in [2.45, 2.75) is 55.3 Å². The highest BCUT2D eigenvalue weighted by molar-refractivity contribution is 8.78. The summed E-state index contributed by atoms with van der Waals surface area (Å²) in [6, 6.07) is 8.45. The molecule has 2 amide bonds. The second-order valence-electron chi connectivity index (χ2n) is 8.46. The number of hydrogen-bond acceptors (Lipinski definition) is 5. The summed E-state index contributed by atoms with van der Waals surface area (Å²) in [5.74, 6) is -0.115. The van der Waals surface area contributed by atoms with Crippen LogP contribution in [-0.2, 0) is 22.4 Å². The van der Waals surface area contributed by atoms with E-state index in [0.29, 0.717) is 6.42 Å². The number of aryl methyl sites for hydroxylation is 2. The molecule has 5 aliphatic rings. The molecule has 5 nitrogen and oxygen atoms in total. The molecule has 0 N–H and O–H groups in total. The number of rotatable bonds is 1. The van der Waals surface area contributed by atoms with Gasteiger partial charge in [0.05, 0.1) is 17.5 Å². The number of nitrogens with zero attached hydrogens (tertiary/aromatic N) is 3. The Morgan fingerprint density at radius 3 is 2.63 bits per heavy atom. The van der Waals surface area contributed by atoms with E-state index in [1.165, 1.54) is 32.7 Å². The van der Waals surface area contributed by atoms with Crippen LogP contribution in [0.4, 0.5) is 0 Å². The van der Waals surface area contributed by atoms with E-state index < -0.39 is 21.2 Å². The van der Waals surface area contributed by atoms with Gasteiger partial charge in [0.1, 0.15) is 0 Å². The maximum Gasteiger partial charge on any atom is 0.261 e. The van der Waals surface area contributed by atoms with E-state index in [2.05, 4.69) is 24.3 Å². The van der Waals surface area contributed by atoms with Crippen LogP contribution in [0.3, 0.4) is 0 Å². The number of benzene rings is 1. The Morgan fingerprint density at radius 1 is 1.15 bits per heavy atom. The van der Waals surface area contributed by atoms with Gasteiger partial charge in [-0.2, -0.15) is 5.26 Å². The number of likely N-dealkylation sites (N-methyl/N-ethyl adjacent to an activating group) is 1. The summed E-state index contributed by atoms with van der Waals surface area (Å²) in [5.41, 5.74) is 2.87. The van der Waals surface area contributed by atoms with Crippen LogP contribution in [0.2, 0.25) is 0 Å². The van der Waals surface area contributed by atoms with Gasteiger partial charge in [0.25, 0.3) is 11.8 Å². The van der Waals surface area contributed by atoms with Gasteiger partial charge in [-0.3, -0.25) is 9.59 Å². The lowest BCUT2D eigenvalue weighted by atomic mass is 9.79. The minimum absolute atomic E-state index is 0.0570. The molecule has 6 rings (SSSR count). The number of piperazine rings is 1. The topological polar surface area (TPSA) is 64.4 Å². The molecule has 1 spiro atoms. The van der Waals surface area contributed by atoms with Gasteiger partial charge in [-0.25, -0.2) is 0 Å². The fourth-order valence-corrected chi connectivity index (χ4v) is 8.76. The summed E-state index contributed by atoms with van der Waals surface area (Å²) in [7, 11) is 4.63. The highest BCUT2D eigenvalue weighted by Crippen LogP contribution is 2.69. The number of carbonyl (C=O) groups excluding carboxylic acids is 2. The molecule has 2 bridgehead atoms. The smallest absolute Gasteiger partial charge is 0.261 e. The fourth-order valence-electron chi connectivity index (χ4n) is 5.18. The van der Waals surface area contributed by atoms with E-state index in [0.717, 1.165) is 24.8 Å². The zero-order chi connectivity index (χ0) is 19.2. The molecule has 4 saturated heterocycles. The largest absolute Gasteiger partial charge is 0.319 e. The minimum Gasteiger partial charge on any atom is -0.319 e. The number of carbonyl (C=O) groups is 2. The van der Waals surface area contributed by atoms with E-state index in [4.69, 9.17) is 0 Å². The van der Waals surface area contributed by atoms with E-state index in [1.54, 1.807) is 16.8 Å². The average Bonchev–Trinajstić information content (AvgIpc) is 3.23. The predicted octanol–water partition coefficient (Wildman–Crippen LogP) is 3.26. The number of fused-ring (bicyclic) bond motifs is 3. The second kappa shape index (κ2) is 5.24. The lowest BCUT2D eigenvalue weighted by Gasteiger charge is -2.57. The van der Waals surface area contributed by atoms with Crippen molar-refractivity contribution in [3.05, 3.63) is 34.9 Å². The molecular weight excluding hydrogens is 378 g/mol. The van der Waals surface area contributed by atoms with E-state index in [9.17, 15) is 14.9 Å². The maximum atomic E-state index is 13.6. The monoisotopic (exact) mass is 399 g/mol. The van der Waals surface area contributed by atoms with E-state index >= 15 is 0 Å². The third-order valence-corrected chi connectivity index (χ3v) is 10.5. The summed E-state index contributed by atoms with van der Waals surface area (Å²) in [4.78, 5) is 28.3. The maximum absolute atomic E-state index is 13.6.